The number of nitro groups is 1. The highest BCUT2D eigenvalue weighted by molar-refractivity contribution is 5.37. The SMILES string of the molecule is CC.O=[N+]([O-])c1cc(C(F)(F)F)ccc1F. The molecule has 7 heteroatoms. The summed E-state index contributed by atoms with van der Waals surface area (Å²) in [5, 5.41) is 10.1. The van der Waals surface area contributed by atoms with E-state index in [0.29, 0.717) is 12.1 Å². The van der Waals surface area contributed by atoms with Crippen LogP contribution in [-0.2, 0) is 6.18 Å². The highest BCUT2D eigenvalue weighted by atomic mass is 19.4. The average molecular weight is 239 g/mol. The molecule has 1 aromatic carbocycles. The van der Waals surface area contributed by atoms with Crippen molar-refractivity contribution in [3.05, 3.63) is 39.7 Å². The molecule has 1 aromatic rings. The molecule has 16 heavy (non-hydrogen) atoms. The maximum atomic E-state index is 12.6. The quantitative estimate of drug-likeness (QED) is 0.425. The molecule has 0 amide bonds. The van der Waals surface area contributed by atoms with E-state index in [9.17, 15) is 27.7 Å². The monoisotopic (exact) mass is 239 g/mol. The largest absolute Gasteiger partial charge is 0.416 e. The topological polar surface area (TPSA) is 43.1 Å². The van der Waals surface area contributed by atoms with E-state index in [-0.39, 0.29) is 6.07 Å². The lowest BCUT2D eigenvalue weighted by atomic mass is 10.2. The van der Waals surface area contributed by atoms with E-state index in [2.05, 4.69) is 0 Å². The molecule has 3 nitrogen and oxygen atoms in total. The molecule has 0 spiro atoms. The summed E-state index contributed by atoms with van der Waals surface area (Å²) in [7, 11) is 0. The van der Waals surface area contributed by atoms with Gasteiger partial charge in [0.2, 0.25) is 5.82 Å². The van der Waals surface area contributed by atoms with Gasteiger partial charge >= 0.3 is 11.9 Å². The molecular weight excluding hydrogens is 230 g/mol. The van der Waals surface area contributed by atoms with Gasteiger partial charge in [0.1, 0.15) is 0 Å². The fraction of sp³-hybridized carbons (Fsp3) is 0.333. The molecule has 0 saturated carbocycles. The van der Waals surface area contributed by atoms with Crippen LogP contribution in [0.3, 0.4) is 0 Å². The summed E-state index contributed by atoms with van der Waals surface area (Å²) < 4.78 is 48.7. The van der Waals surface area contributed by atoms with Crippen LogP contribution >= 0.6 is 0 Å². The van der Waals surface area contributed by atoms with E-state index < -0.39 is 28.2 Å². The van der Waals surface area contributed by atoms with Gasteiger partial charge in [-0.15, -0.1) is 0 Å². The van der Waals surface area contributed by atoms with E-state index in [1.165, 1.54) is 0 Å². The van der Waals surface area contributed by atoms with Crippen LogP contribution in [0.2, 0.25) is 0 Å². The number of nitro benzene ring substituents is 1. The van der Waals surface area contributed by atoms with Crippen molar-refractivity contribution in [2.24, 2.45) is 0 Å². The second-order valence-electron chi connectivity index (χ2n) is 2.42. The minimum absolute atomic E-state index is 0.162. The Morgan fingerprint density at radius 1 is 1.25 bits per heavy atom. The predicted octanol–water partition coefficient (Wildman–Crippen LogP) is 3.78. The lowest BCUT2D eigenvalue weighted by molar-refractivity contribution is -0.387. The van der Waals surface area contributed by atoms with E-state index >= 15 is 0 Å². The van der Waals surface area contributed by atoms with Gasteiger partial charge in [-0.3, -0.25) is 10.1 Å². The van der Waals surface area contributed by atoms with Gasteiger partial charge in [0.05, 0.1) is 10.5 Å². The molecule has 0 aliphatic heterocycles. The summed E-state index contributed by atoms with van der Waals surface area (Å²) in [5.74, 6) is -1.29. The van der Waals surface area contributed by atoms with Crippen molar-refractivity contribution in [3.8, 4) is 0 Å². The number of rotatable bonds is 1. The van der Waals surface area contributed by atoms with Crippen LogP contribution in [0, 0.1) is 15.9 Å². The van der Waals surface area contributed by atoms with Gasteiger partial charge in [0.15, 0.2) is 0 Å². The molecule has 0 saturated heterocycles. The Kier molecular flexibility index (Phi) is 4.87. The third kappa shape index (κ3) is 3.48. The van der Waals surface area contributed by atoms with Crippen LogP contribution in [0.25, 0.3) is 0 Å². The van der Waals surface area contributed by atoms with Crippen molar-refractivity contribution in [2.75, 3.05) is 0 Å². The fourth-order valence-corrected chi connectivity index (χ4v) is 0.829. The van der Waals surface area contributed by atoms with Gasteiger partial charge in [-0.2, -0.15) is 17.6 Å². The minimum Gasteiger partial charge on any atom is -0.258 e. The second kappa shape index (κ2) is 5.43. The molecule has 0 bridgehead atoms. The molecule has 1 rings (SSSR count). The second-order valence-corrected chi connectivity index (χ2v) is 2.42. The van der Waals surface area contributed by atoms with Crippen molar-refractivity contribution in [1.29, 1.82) is 0 Å². The standard InChI is InChI=1S/C7H3F4NO2.C2H6/c8-5-2-1-4(7(9,10)11)3-6(5)12(13)14;1-2/h1-3H;1-2H3. The Hall–Kier alpha value is -1.66. The van der Waals surface area contributed by atoms with Crippen molar-refractivity contribution in [1.82, 2.24) is 0 Å². The van der Waals surface area contributed by atoms with Crippen LogP contribution in [0.5, 0.6) is 0 Å². The molecule has 0 N–H and O–H groups in total. The predicted molar refractivity (Wildman–Crippen MR) is 49.4 cm³/mol. The zero-order chi connectivity index (χ0) is 12.9. The summed E-state index contributed by atoms with van der Waals surface area (Å²) in [6.07, 6.45) is -4.71. The minimum atomic E-state index is -4.71. The van der Waals surface area contributed by atoms with Gasteiger partial charge in [-0.25, -0.2) is 0 Å². The zero-order valence-corrected chi connectivity index (χ0v) is 8.51. The smallest absolute Gasteiger partial charge is 0.258 e. The first-order valence-electron chi connectivity index (χ1n) is 4.33. The first kappa shape index (κ1) is 14.3. The summed E-state index contributed by atoms with van der Waals surface area (Å²) in [4.78, 5) is 8.90. The summed E-state index contributed by atoms with van der Waals surface area (Å²) in [6, 6.07) is 1.03. The van der Waals surface area contributed by atoms with Gasteiger partial charge in [-0.1, -0.05) is 13.8 Å². The average Bonchev–Trinajstić information content (AvgIpc) is 2.19. The van der Waals surface area contributed by atoms with Crippen molar-refractivity contribution in [2.45, 2.75) is 20.0 Å². The van der Waals surface area contributed by atoms with E-state index in [0.717, 1.165) is 0 Å². The van der Waals surface area contributed by atoms with Crippen LogP contribution in [0.4, 0.5) is 23.2 Å². The first-order valence-corrected chi connectivity index (χ1v) is 4.33. The highest BCUT2D eigenvalue weighted by Crippen LogP contribution is 2.32. The summed E-state index contributed by atoms with van der Waals surface area (Å²) in [5.41, 5.74) is -2.43. The van der Waals surface area contributed by atoms with Gasteiger partial charge in [-0.05, 0) is 12.1 Å². The van der Waals surface area contributed by atoms with Crippen LogP contribution in [0.15, 0.2) is 18.2 Å². The third-order valence-corrected chi connectivity index (χ3v) is 1.47. The molecular formula is C9H9F4NO2. The van der Waals surface area contributed by atoms with Gasteiger partial charge in [0.25, 0.3) is 0 Å². The number of alkyl halides is 3. The number of halogens is 4. The Morgan fingerprint density at radius 2 is 1.75 bits per heavy atom. The normalized spacial score (nSPS) is 10.4. The molecule has 0 fully saturated rings. The third-order valence-electron chi connectivity index (χ3n) is 1.47. The Bertz CT molecular complexity index is 376. The summed E-state index contributed by atoms with van der Waals surface area (Å²) in [6.45, 7) is 4.00. The number of benzene rings is 1. The molecule has 0 aliphatic rings. The molecule has 0 heterocycles. The lowest BCUT2D eigenvalue weighted by Crippen LogP contribution is -2.06. The van der Waals surface area contributed by atoms with Crippen molar-refractivity contribution in [3.63, 3.8) is 0 Å². The molecule has 0 atom stereocenters. The molecule has 0 radical (unpaired) electrons. The summed E-state index contributed by atoms with van der Waals surface area (Å²) >= 11 is 0. The fourth-order valence-electron chi connectivity index (χ4n) is 0.829. The molecule has 0 aliphatic carbocycles. The molecule has 0 unspecified atom stereocenters. The molecule has 0 aromatic heterocycles. The van der Waals surface area contributed by atoms with Crippen molar-refractivity contribution < 1.29 is 22.5 Å². The Morgan fingerprint density at radius 3 is 2.12 bits per heavy atom. The zero-order valence-electron chi connectivity index (χ0n) is 8.51. The van der Waals surface area contributed by atoms with E-state index in [1.54, 1.807) is 0 Å². The van der Waals surface area contributed by atoms with Crippen LogP contribution in [-0.4, -0.2) is 4.92 Å². The van der Waals surface area contributed by atoms with E-state index in [1.807, 2.05) is 13.8 Å². The number of nitrogens with zero attached hydrogens (tertiary/aromatic N) is 1. The van der Waals surface area contributed by atoms with Crippen LogP contribution in [0.1, 0.15) is 19.4 Å². The van der Waals surface area contributed by atoms with Crippen molar-refractivity contribution >= 4 is 5.69 Å². The Balaban J connectivity index is 0.00000106. The van der Waals surface area contributed by atoms with E-state index in [4.69, 9.17) is 0 Å². The van der Waals surface area contributed by atoms with Crippen LogP contribution < -0.4 is 0 Å². The molecule has 90 valence electrons. The number of hydrogen-bond acceptors (Lipinski definition) is 2. The maximum absolute atomic E-state index is 12.6. The van der Waals surface area contributed by atoms with Gasteiger partial charge in [0, 0.05) is 6.07 Å². The lowest BCUT2D eigenvalue weighted by Gasteiger charge is -2.05. The first-order chi connectivity index (χ1) is 7.32. The van der Waals surface area contributed by atoms with Gasteiger partial charge < -0.3 is 0 Å². The maximum Gasteiger partial charge on any atom is 0.416 e. The Labute approximate surface area is 88.8 Å². The highest BCUT2D eigenvalue weighted by Gasteiger charge is 2.33. The number of hydrogen-bond donors (Lipinski definition) is 0.